The summed E-state index contributed by atoms with van der Waals surface area (Å²) in [7, 11) is -3.70. The average molecular weight is 389 g/mol. The second-order valence-corrected chi connectivity index (χ2v) is 8.09. The molecule has 0 amide bonds. The first-order chi connectivity index (χ1) is 13.1. The lowest BCUT2D eigenvalue weighted by atomic mass is 10.1. The van der Waals surface area contributed by atoms with Crippen molar-refractivity contribution in [3.05, 3.63) is 42.2 Å². The molecule has 4 rings (SSSR count). The van der Waals surface area contributed by atoms with Crippen molar-refractivity contribution in [2.75, 3.05) is 19.8 Å². The molecule has 3 heterocycles. The number of hydrogen-bond donors (Lipinski definition) is 2. The number of pyridine rings is 1. The number of sulfonamides is 1. The van der Waals surface area contributed by atoms with Gasteiger partial charge in [0.05, 0.1) is 24.3 Å². The molecule has 1 atom stereocenters. The van der Waals surface area contributed by atoms with Crippen molar-refractivity contribution < 1.29 is 17.9 Å². The Morgan fingerprint density at radius 3 is 3.00 bits per heavy atom. The molecular weight excluding hydrogens is 370 g/mol. The van der Waals surface area contributed by atoms with E-state index in [1.165, 1.54) is 12.1 Å². The molecule has 1 saturated heterocycles. The molecule has 0 unspecified atom stereocenters. The summed E-state index contributed by atoms with van der Waals surface area (Å²) in [6.45, 7) is 2.06. The van der Waals surface area contributed by atoms with Gasteiger partial charge in [0.15, 0.2) is 0 Å². The SMILES string of the molecule is O=S(=O)(NCc1ccncc1OC[C@H]1CCOC1)c1ccc2n[nH]nc2c1. The zero-order valence-corrected chi connectivity index (χ0v) is 15.3. The Balaban J connectivity index is 1.45. The Labute approximate surface area is 156 Å². The number of ether oxygens (including phenoxy) is 2. The van der Waals surface area contributed by atoms with E-state index in [9.17, 15) is 8.42 Å². The van der Waals surface area contributed by atoms with Gasteiger partial charge in [-0.25, -0.2) is 13.1 Å². The van der Waals surface area contributed by atoms with Crippen molar-refractivity contribution in [1.82, 2.24) is 25.1 Å². The van der Waals surface area contributed by atoms with Gasteiger partial charge in [-0.2, -0.15) is 15.4 Å². The van der Waals surface area contributed by atoms with Crippen LogP contribution in [0.2, 0.25) is 0 Å². The van der Waals surface area contributed by atoms with Gasteiger partial charge >= 0.3 is 0 Å². The lowest BCUT2D eigenvalue weighted by molar-refractivity contribution is 0.166. The minimum atomic E-state index is -3.70. The summed E-state index contributed by atoms with van der Waals surface area (Å²) in [6.07, 6.45) is 4.17. The molecule has 1 aliphatic heterocycles. The monoisotopic (exact) mass is 389 g/mol. The van der Waals surface area contributed by atoms with Gasteiger partial charge in [-0.3, -0.25) is 4.98 Å². The largest absolute Gasteiger partial charge is 0.491 e. The molecule has 2 aromatic heterocycles. The van der Waals surface area contributed by atoms with Gasteiger partial charge in [-0.1, -0.05) is 0 Å². The predicted octanol–water partition coefficient (Wildman–Crippen LogP) is 1.25. The predicted molar refractivity (Wildman–Crippen MR) is 96.6 cm³/mol. The third-order valence-electron chi connectivity index (χ3n) is 4.42. The van der Waals surface area contributed by atoms with Crippen LogP contribution < -0.4 is 9.46 Å². The van der Waals surface area contributed by atoms with Crippen LogP contribution in [0.1, 0.15) is 12.0 Å². The second-order valence-electron chi connectivity index (χ2n) is 6.32. The molecule has 1 fully saturated rings. The van der Waals surface area contributed by atoms with Gasteiger partial charge in [-0.15, -0.1) is 0 Å². The van der Waals surface area contributed by atoms with Gasteiger partial charge in [0.1, 0.15) is 16.8 Å². The average Bonchev–Trinajstić information content (AvgIpc) is 3.36. The first-order valence-electron chi connectivity index (χ1n) is 8.55. The van der Waals surface area contributed by atoms with Crippen molar-refractivity contribution in [2.24, 2.45) is 5.92 Å². The fraction of sp³-hybridized carbons (Fsp3) is 0.353. The van der Waals surface area contributed by atoms with Crippen LogP contribution in [0, 0.1) is 5.92 Å². The zero-order chi connectivity index (χ0) is 18.7. The Hall–Kier alpha value is -2.56. The number of nitrogens with zero attached hydrogens (tertiary/aromatic N) is 3. The van der Waals surface area contributed by atoms with Gasteiger partial charge in [0, 0.05) is 30.8 Å². The zero-order valence-electron chi connectivity index (χ0n) is 14.5. The van der Waals surface area contributed by atoms with Gasteiger partial charge in [-0.05, 0) is 30.7 Å². The highest BCUT2D eigenvalue weighted by Gasteiger charge is 2.19. The second kappa shape index (κ2) is 7.59. The molecule has 27 heavy (non-hydrogen) atoms. The van der Waals surface area contributed by atoms with Crippen LogP contribution in [-0.4, -0.2) is 48.6 Å². The highest BCUT2D eigenvalue weighted by molar-refractivity contribution is 7.89. The van der Waals surface area contributed by atoms with E-state index in [1.807, 2.05) is 0 Å². The minimum Gasteiger partial charge on any atom is -0.491 e. The number of fused-ring (bicyclic) bond motifs is 1. The molecule has 9 nitrogen and oxygen atoms in total. The van der Waals surface area contributed by atoms with E-state index in [-0.39, 0.29) is 11.4 Å². The maximum Gasteiger partial charge on any atom is 0.240 e. The molecule has 142 valence electrons. The minimum absolute atomic E-state index is 0.0954. The van der Waals surface area contributed by atoms with Crippen LogP contribution in [0.3, 0.4) is 0 Å². The summed E-state index contributed by atoms with van der Waals surface area (Å²) in [5.41, 5.74) is 1.81. The fourth-order valence-corrected chi connectivity index (χ4v) is 3.88. The molecule has 3 aromatic rings. The number of rotatable bonds is 7. The third kappa shape index (κ3) is 4.07. The Kier molecular flexibility index (Phi) is 5.01. The maximum absolute atomic E-state index is 12.6. The van der Waals surface area contributed by atoms with Crippen LogP contribution >= 0.6 is 0 Å². The summed E-state index contributed by atoms with van der Waals surface area (Å²) in [6, 6.07) is 6.32. The van der Waals surface area contributed by atoms with Crippen molar-refractivity contribution in [2.45, 2.75) is 17.9 Å². The van der Waals surface area contributed by atoms with E-state index in [4.69, 9.17) is 9.47 Å². The molecule has 2 N–H and O–H groups in total. The number of hydrogen-bond acceptors (Lipinski definition) is 7. The van der Waals surface area contributed by atoms with Crippen LogP contribution in [0.25, 0.3) is 11.0 Å². The maximum atomic E-state index is 12.6. The molecule has 0 radical (unpaired) electrons. The number of nitrogens with one attached hydrogen (secondary N) is 2. The number of aromatic amines is 1. The Morgan fingerprint density at radius 2 is 2.15 bits per heavy atom. The quantitative estimate of drug-likeness (QED) is 0.624. The standard InChI is InChI=1S/C17H19N5O4S/c23-27(24,14-1-2-15-16(7-14)21-22-20-15)19-8-13-3-5-18-9-17(13)26-11-12-4-6-25-10-12/h1-3,5,7,9,12,19H,4,6,8,10-11H2,(H,20,21,22)/t12-/m0/s1. The summed E-state index contributed by atoms with van der Waals surface area (Å²) in [4.78, 5) is 4.20. The molecule has 1 aromatic carbocycles. The molecular formula is C17H19N5O4S. The Bertz CT molecular complexity index is 1030. The lowest BCUT2D eigenvalue weighted by Gasteiger charge is -2.14. The lowest BCUT2D eigenvalue weighted by Crippen LogP contribution is -2.24. The highest BCUT2D eigenvalue weighted by Crippen LogP contribution is 2.21. The van der Waals surface area contributed by atoms with Gasteiger partial charge in [0.25, 0.3) is 0 Å². The van der Waals surface area contributed by atoms with Crippen LogP contribution in [0.5, 0.6) is 5.75 Å². The molecule has 1 aliphatic rings. The van der Waals surface area contributed by atoms with E-state index < -0.39 is 10.0 Å². The normalized spacial score (nSPS) is 17.4. The first-order valence-corrected chi connectivity index (χ1v) is 10.0. The number of aromatic nitrogens is 4. The molecule has 0 saturated carbocycles. The molecule has 0 spiro atoms. The van der Waals surface area contributed by atoms with E-state index in [0.717, 1.165) is 18.6 Å². The number of benzene rings is 1. The topological polar surface area (TPSA) is 119 Å². The van der Waals surface area contributed by atoms with E-state index >= 15 is 0 Å². The smallest absolute Gasteiger partial charge is 0.240 e. The summed E-state index contributed by atoms with van der Waals surface area (Å²) in [5, 5.41) is 10.3. The van der Waals surface area contributed by atoms with Crippen LogP contribution in [0.15, 0.2) is 41.6 Å². The number of H-pyrrole nitrogens is 1. The summed E-state index contributed by atoms with van der Waals surface area (Å²) in [5.74, 6) is 0.919. The van der Waals surface area contributed by atoms with E-state index in [0.29, 0.717) is 35.9 Å². The summed E-state index contributed by atoms with van der Waals surface area (Å²) < 4.78 is 39.0. The fourth-order valence-electron chi connectivity index (χ4n) is 2.85. The first kappa shape index (κ1) is 17.8. The third-order valence-corrected chi connectivity index (χ3v) is 5.82. The van der Waals surface area contributed by atoms with Crippen molar-refractivity contribution in [3.63, 3.8) is 0 Å². The van der Waals surface area contributed by atoms with Crippen molar-refractivity contribution >= 4 is 21.1 Å². The highest BCUT2D eigenvalue weighted by atomic mass is 32.2. The molecule has 10 heteroatoms. The summed E-state index contributed by atoms with van der Waals surface area (Å²) >= 11 is 0. The van der Waals surface area contributed by atoms with Gasteiger partial charge < -0.3 is 9.47 Å². The van der Waals surface area contributed by atoms with E-state index in [1.54, 1.807) is 24.5 Å². The van der Waals surface area contributed by atoms with E-state index in [2.05, 4.69) is 25.1 Å². The van der Waals surface area contributed by atoms with Crippen molar-refractivity contribution in [1.29, 1.82) is 0 Å². The van der Waals surface area contributed by atoms with Gasteiger partial charge in [0.2, 0.25) is 10.0 Å². The van der Waals surface area contributed by atoms with Crippen LogP contribution in [0.4, 0.5) is 0 Å². The Morgan fingerprint density at radius 1 is 1.26 bits per heavy atom. The molecule has 0 bridgehead atoms. The van der Waals surface area contributed by atoms with Crippen molar-refractivity contribution in [3.8, 4) is 5.75 Å². The van der Waals surface area contributed by atoms with Crippen LogP contribution in [-0.2, 0) is 21.3 Å². The molecule has 0 aliphatic carbocycles.